The molecule has 39 heteroatoms. The highest BCUT2D eigenvalue weighted by molar-refractivity contribution is 9.11. The zero-order chi connectivity index (χ0) is 98.4. The van der Waals surface area contributed by atoms with Crippen molar-refractivity contribution in [3.05, 3.63) is 291 Å². The number of halogens is 18. The van der Waals surface area contributed by atoms with Crippen molar-refractivity contribution in [1.82, 2.24) is 69.1 Å². The van der Waals surface area contributed by atoms with Gasteiger partial charge in [0.1, 0.15) is 80.0 Å². The SMILES string of the molecule is Brc1cccc2c1CCCN2.C#CC1(C(F)(F)F)CC1.Cc1nnc2nc(N3CCC(Br)c4ccccc43)c3cc(F)ccc3n12.Cc1nnc2nc(N3CCCc4c(C#CC5(C(F)(F)F)CC5)cccc43)c3cc(F)ccc3n12.Fc1ccc2nc(Cl)nc(Cl)c2c1.Fc1ccc2nc(Cl)nc(N3CCCc4c(Br)cccc43)c2c1.NNc1nc(N2CCCc3c(Br)cccc32)c2cc(F)ccc2n1. The zero-order valence-electron chi connectivity index (χ0n) is 74.2. The summed E-state index contributed by atoms with van der Waals surface area (Å²) in [4.78, 5) is 43.1. The largest absolute Gasteiger partial charge is 0.405 e. The molecule has 2 fully saturated rings. The second-order valence-corrected chi connectivity index (χ2v) is 38.6. The van der Waals surface area contributed by atoms with Gasteiger partial charge in [0.05, 0.1) is 27.6 Å². The number of benzene rings is 10. The topological polar surface area (TPSA) is 227 Å². The van der Waals surface area contributed by atoms with Crippen molar-refractivity contribution in [1.29, 1.82) is 0 Å². The van der Waals surface area contributed by atoms with Gasteiger partial charge in [-0.25, -0.2) is 47.7 Å². The number of aromatic nitrogens is 14. The number of rotatable bonds is 5. The van der Waals surface area contributed by atoms with Crippen LogP contribution in [-0.4, -0.2) is 114 Å². The number of nitrogen functional groups attached to an aromatic ring is 1. The van der Waals surface area contributed by atoms with Crippen LogP contribution >= 0.6 is 98.5 Å². The fourth-order valence-corrected chi connectivity index (χ4v) is 20.6. The summed E-state index contributed by atoms with van der Waals surface area (Å²) in [5.74, 6) is 16.1. The Labute approximate surface area is 842 Å². The molecule has 140 heavy (non-hydrogen) atoms. The van der Waals surface area contributed by atoms with Gasteiger partial charge in [0.25, 0.3) is 11.6 Å². The second kappa shape index (κ2) is 40.8. The molecule has 4 N–H and O–H groups in total. The van der Waals surface area contributed by atoms with Crippen molar-refractivity contribution in [3.8, 4) is 24.2 Å². The number of nitrogens with zero attached hydrogens (tertiary/aromatic N) is 18. The van der Waals surface area contributed by atoms with Gasteiger partial charge >= 0.3 is 12.4 Å². The average Bonchev–Trinajstić information content (AvgIpc) is 1.57. The minimum absolute atomic E-state index is 0.0455. The number of nitrogens with two attached hydrogens (primary N) is 1. The van der Waals surface area contributed by atoms with E-state index in [1.807, 2.05) is 58.7 Å². The number of anilines is 10. The highest BCUT2D eigenvalue weighted by atomic mass is 79.9. The first-order valence-corrected chi connectivity index (χ1v) is 48.8. The first kappa shape index (κ1) is 97.9. The highest BCUT2D eigenvalue weighted by Crippen LogP contribution is 2.58. The third kappa shape index (κ3) is 20.3. The molecule has 5 aliphatic heterocycles. The van der Waals surface area contributed by atoms with E-state index < -0.39 is 23.2 Å². The molecule has 714 valence electrons. The predicted octanol–water partition coefficient (Wildman–Crippen LogP) is 27.2. The second-order valence-electron chi connectivity index (χ2n) is 33.9. The van der Waals surface area contributed by atoms with E-state index in [4.69, 9.17) is 50.6 Å². The molecule has 1 atom stereocenters. The number of hydrazine groups is 1. The Morgan fingerprint density at radius 1 is 0.443 bits per heavy atom. The minimum Gasteiger partial charge on any atom is -0.385 e. The summed E-state index contributed by atoms with van der Waals surface area (Å²) in [5, 5.41) is 23.5. The first-order valence-electron chi connectivity index (χ1n) is 44.4. The normalized spacial score (nSPS) is 15.6. The quantitative estimate of drug-likeness (QED) is 0.0277. The van der Waals surface area contributed by atoms with Crippen LogP contribution < -0.4 is 36.2 Å². The predicted molar refractivity (Wildman–Crippen MR) is 540 cm³/mol. The summed E-state index contributed by atoms with van der Waals surface area (Å²) in [6.45, 7) is 7.81. The van der Waals surface area contributed by atoms with Gasteiger partial charge in [0, 0.05) is 112 Å². The van der Waals surface area contributed by atoms with E-state index in [1.54, 1.807) is 59.7 Å². The fourth-order valence-electron chi connectivity index (χ4n) is 17.7. The molecule has 7 aromatic heterocycles. The molecule has 0 radical (unpaired) electrons. The number of hydrogen-bond donors (Lipinski definition) is 3. The molecule has 10 aromatic carbocycles. The minimum atomic E-state index is -4.32. The highest BCUT2D eigenvalue weighted by Gasteiger charge is 2.63. The van der Waals surface area contributed by atoms with E-state index in [1.165, 1.54) is 106 Å². The van der Waals surface area contributed by atoms with Crippen LogP contribution in [0.2, 0.25) is 15.7 Å². The monoisotopic (exact) mass is 2220 g/mol. The van der Waals surface area contributed by atoms with Crippen LogP contribution in [-0.2, 0) is 25.7 Å². The number of para-hydroxylation sites is 1. The molecule has 0 bridgehead atoms. The van der Waals surface area contributed by atoms with Crippen LogP contribution in [0.15, 0.2) is 201 Å². The van der Waals surface area contributed by atoms with E-state index in [9.17, 15) is 48.3 Å². The molecule has 2 saturated carbocycles. The third-order valence-electron chi connectivity index (χ3n) is 25.0. The van der Waals surface area contributed by atoms with E-state index in [-0.39, 0.29) is 70.5 Å². The Balaban J connectivity index is 0.000000112. The average molecular weight is 2220 g/mol. The lowest BCUT2D eigenvalue weighted by Gasteiger charge is -2.33. The smallest absolute Gasteiger partial charge is 0.385 e. The Hall–Kier alpha value is -12.3. The summed E-state index contributed by atoms with van der Waals surface area (Å²) in [6, 6.07) is 54.5. The first-order chi connectivity index (χ1) is 67.3. The fraction of sp³-hybridized carbons (Fsp3) is 0.248. The molecule has 1 unspecified atom stereocenters. The molecule has 21 nitrogen and oxygen atoms in total. The van der Waals surface area contributed by atoms with E-state index in [2.05, 4.69) is 200 Å². The van der Waals surface area contributed by atoms with Gasteiger partial charge in [-0.05, 0) is 294 Å². The number of alkyl halides is 7. The number of hydrogen-bond acceptors (Lipinski definition) is 19. The number of aryl methyl sites for hydroxylation is 2. The third-order valence-corrected chi connectivity index (χ3v) is 28.8. The van der Waals surface area contributed by atoms with Gasteiger partial charge in [0.2, 0.25) is 16.5 Å². The van der Waals surface area contributed by atoms with Crippen LogP contribution in [0.3, 0.4) is 0 Å². The van der Waals surface area contributed by atoms with Crippen molar-refractivity contribution < 1.29 is 48.3 Å². The standard InChI is InChI=1S/C25H19F4N5.C19H15BrFN5.C17H12BrClFN3.C17H15BrFN5.C9H10BrN.C8H3Cl2FN2.C6H5F3/c1-15-31-32-23-30-22(19-14-17(26)7-8-21(19)34(15)23)33-13-3-5-18-16(4-2-6-20(18)33)9-10-24(11-12-24)25(27,28)29;1-11-23-24-19-22-18(14-10-12(21)6-7-17(14)26(11)19)25-9-8-15(20)13-4-2-3-5-16(13)25;18-13-4-1-5-15-11(13)3-2-8-23(15)16-12-9-10(20)6-7-14(12)21-17(19)22-16;18-13-4-1-5-15-11(13)3-2-8-24(15)16-12-9-10(19)6-7-14(12)21-17(22-16)23-20;10-8-4-1-5-9-7(8)3-2-6-11-9;9-7-5-3-4(11)1-2-6(5)12-8(10)13-7;1-2-5(3-4-5)6(7,8)9/h2,4,6-8,14H,3,5,11-13H2,1H3;2-7,10,15H,8-9H2,1H3;1,4-7,9H,2-3,8H2;1,4-7,9H,2-3,8,20H2,(H,21,22,23);1,4-5,11H,2-3,6H2;1-3H;1H,3-4H2. The maximum absolute atomic E-state index is 14.3. The summed E-state index contributed by atoms with van der Waals surface area (Å²) < 4.78 is 151. The summed E-state index contributed by atoms with van der Waals surface area (Å²) >= 11 is 31.9. The summed E-state index contributed by atoms with van der Waals surface area (Å²) in [6.07, 6.45) is 5.28. The van der Waals surface area contributed by atoms with Gasteiger partial charge in [0.15, 0.2) is 0 Å². The van der Waals surface area contributed by atoms with Crippen LogP contribution in [0.5, 0.6) is 0 Å². The van der Waals surface area contributed by atoms with Crippen molar-refractivity contribution in [2.24, 2.45) is 16.7 Å². The molecule has 2 aliphatic carbocycles. The zero-order valence-corrected chi connectivity index (χ0v) is 82.8. The van der Waals surface area contributed by atoms with Gasteiger partial charge in [-0.2, -0.15) is 46.3 Å². The molecule has 7 aliphatic rings. The molecule has 0 amide bonds. The Kier molecular flexibility index (Phi) is 28.5. The molecule has 24 rings (SSSR count). The van der Waals surface area contributed by atoms with Gasteiger partial charge in [-0.1, -0.05) is 136 Å². The molecular formula is C101H79Br4Cl3F11N21. The van der Waals surface area contributed by atoms with Crippen LogP contribution in [0, 0.1) is 77.9 Å². The summed E-state index contributed by atoms with van der Waals surface area (Å²) in [5.41, 5.74) is 14.2. The number of terminal acetylenes is 1. The molecule has 0 saturated heterocycles. The van der Waals surface area contributed by atoms with Crippen molar-refractivity contribution in [3.63, 3.8) is 0 Å². The van der Waals surface area contributed by atoms with Crippen molar-refractivity contribution in [2.75, 3.05) is 63.1 Å². The Morgan fingerprint density at radius 3 is 1.36 bits per heavy atom. The van der Waals surface area contributed by atoms with Gasteiger partial charge in [-0.3, -0.25) is 14.2 Å². The van der Waals surface area contributed by atoms with E-state index in [0.717, 1.165) is 124 Å². The lowest BCUT2D eigenvalue weighted by atomic mass is 9.95. The van der Waals surface area contributed by atoms with Crippen LogP contribution in [0.25, 0.3) is 66.1 Å². The lowest BCUT2D eigenvalue weighted by molar-refractivity contribution is -0.169. The summed E-state index contributed by atoms with van der Waals surface area (Å²) in [7, 11) is 0. The van der Waals surface area contributed by atoms with Crippen molar-refractivity contribution >= 4 is 222 Å². The molecule has 0 spiro atoms. The Morgan fingerprint density at radius 2 is 0.864 bits per heavy atom. The lowest BCUT2D eigenvalue weighted by Crippen LogP contribution is -2.26. The maximum atomic E-state index is 14.3. The van der Waals surface area contributed by atoms with E-state index >= 15 is 0 Å². The maximum Gasteiger partial charge on any atom is 0.405 e. The molecule has 12 heterocycles. The number of nitrogens with one attached hydrogen (secondary N) is 2. The number of fused-ring (bicyclic) bond motifs is 14. The Bertz CT molecular complexity index is 7810. The van der Waals surface area contributed by atoms with Gasteiger partial charge in [-0.15, -0.1) is 26.8 Å². The van der Waals surface area contributed by atoms with Crippen LogP contribution in [0.1, 0.15) is 108 Å². The van der Waals surface area contributed by atoms with Crippen LogP contribution in [0.4, 0.5) is 106 Å². The molecule has 17 aromatic rings. The van der Waals surface area contributed by atoms with Gasteiger partial charge < -0.3 is 24.9 Å². The van der Waals surface area contributed by atoms with Crippen molar-refractivity contribution in [2.45, 2.75) is 114 Å². The van der Waals surface area contributed by atoms with E-state index in [0.29, 0.717) is 108 Å². The molecular weight excluding hydrogens is 2140 g/mol.